The van der Waals surface area contributed by atoms with E-state index in [1.54, 1.807) is 22.6 Å². The zero-order chi connectivity index (χ0) is 10.9. The maximum atomic E-state index is 12.4. The molecule has 76 valence electrons. The number of alkyl halides is 2. The van der Waals surface area contributed by atoms with Crippen LogP contribution in [0.3, 0.4) is 0 Å². The number of aromatic nitrogens is 1. The third-order valence-electron chi connectivity index (χ3n) is 1.35. The zero-order valence-electron chi connectivity index (χ0n) is 6.40. The molecule has 1 aromatic rings. The Balaban J connectivity index is 3.34. The predicted octanol–water partition coefficient (Wildman–Crippen LogP) is 3.77. The number of halogens is 5. The third kappa shape index (κ3) is 2.60. The average molecular weight is 396 g/mol. The summed E-state index contributed by atoms with van der Waals surface area (Å²) in [5.74, 6) is 0. The molecule has 0 atom stereocenters. The fraction of sp³-hybridized carbons (Fsp3) is 0.143. The highest BCUT2D eigenvalue weighted by atomic mass is 127. The SMILES string of the molecule is O=C(Cl)c1nc(C(F)F)c(Br)cc1I. The Morgan fingerprint density at radius 1 is 1.64 bits per heavy atom. The number of rotatable bonds is 2. The standard InChI is InChI=1S/C7H2BrClF2INO/c8-2-1-3(12)5(6(9)14)13-4(2)7(10)11/h1,7H. The van der Waals surface area contributed by atoms with Crippen molar-refractivity contribution in [3.05, 3.63) is 25.5 Å². The summed E-state index contributed by atoms with van der Waals surface area (Å²) in [6.07, 6.45) is -2.74. The highest BCUT2D eigenvalue weighted by Gasteiger charge is 2.19. The van der Waals surface area contributed by atoms with E-state index in [1.165, 1.54) is 6.07 Å². The predicted molar refractivity (Wildman–Crippen MR) is 59.8 cm³/mol. The van der Waals surface area contributed by atoms with Crippen molar-refractivity contribution in [2.24, 2.45) is 0 Å². The summed E-state index contributed by atoms with van der Waals surface area (Å²) in [4.78, 5) is 14.3. The van der Waals surface area contributed by atoms with Crippen LogP contribution in [-0.2, 0) is 0 Å². The van der Waals surface area contributed by atoms with Crippen molar-refractivity contribution in [3.8, 4) is 0 Å². The van der Waals surface area contributed by atoms with Gasteiger partial charge in [0.15, 0.2) is 0 Å². The summed E-state index contributed by atoms with van der Waals surface area (Å²) in [6.45, 7) is 0. The van der Waals surface area contributed by atoms with Gasteiger partial charge in [-0.3, -0.25) is 4.79 Å². The summed E-state index contributed by atoms with van der Waals surface area (Å²) in [5, 5.41) is -0.844. The summed E-state index contributed by atoms with van der Waals surface area (Å²) in [7, 11) is 0. The number of carbonyl (C=O) groups excluding carboxylic acids is 1. The monoisotopic (exact) mass is 395 g/mol. The fourth-order valence-corrected chi connectivity index (χ4v) is 2.67. The van der Waals surface area contributed by atoms with Gasteiger partial charge in [-0.25, -0.2) is 13.8 Å². The van der Waals surface area contributed by atoms with E-state index in [2.05, 4.69) is 20.9 Å². The quantitative estimate of drug-likeness (QED) is 0.563. The molecule has 0 bridgehead atoms. The smallest absolute Gasteiger partial charge is 0.274 e. The molecule has 0 amide bonds. The Bertz CT molecular complexity index is 388. The van der Waals surface area contributed by atoms with Crippen LogP contribution in [-0.4, -0.2) is 10.2 Å². The van der Waals surface area contributed by atoms with Gasteiger partial charge < -0.3 is 0 Å². The maximum absolute atomic E-state index is 12.4. The lowest BCUT2D eigenvalue weighted by molar-refractivity contribution is 0.107. The summed E-state index contributed by atoms with van der Waals surface area (Å²) < 4.78 is 25.3. The van der Waals surface area contributed by atoms with E-state index >= 15 is 0 Å². The molecule has 1 rings (SSSR count). The molecule has 1 aromatic heterocycles. The minimum Gasteiger partial charge on any atom is -0.274 e. The first-order valence-corrected chi connectivity index (χ1v) is 5.52. The lowest BCUT2D eigenvalue weighted by Crippen LogP contribution is -2.03. The molecule has 0 saturated heterocycles. The van der Waals surface area contributed by atoms with Crippen molar-refractivity contribution in [2.75, 3.05) is 0 Å². The molecular formula is C7H2BrClF2INO. The van der Waals surface area contributed by atoms with Gasteiger partial charge >= 0.3 is 0 Å². The van der Waals surface area contributed by atoms with Gasteiger partial charge in [0, 0.05) is 8.04 Å². The van der Waals surface area contributed by atoms with Crippen molar-refractivity contribution in [3.63, 3.8) is 0 Å². The second-order valence-corrected chi connectivity index (χ2v) is 4.62. The van der Waals surface area contributed by atoms with Crippen LogP contribution < -0.4 is 0 Å². The lowest BCUT2D eigenvalue weighted by Gasteiger charge is -2.05. The van der Waals surface area contributed by atoms with Gasteiger partial charge in [-0.15, -0.1) is 0 Å². The second-order valence-electron chi connectivity index (χ2n) is 2.26. The molecule has 14 heavy (non-hydrogen) atoms. The van der Waals surface area contributed by atoms with E-state index in [-0.39, 0.29) is 10.2 Å². The lowest BCUT2D eigenvalue weighted by atomic mass is 10.3. The zero-order valence-corrected chi connectivity index (χ0v) is 10.9. The molecule has 0 spiro atoms. The Labute approximate surface area is 105 Å². The van der Waals surface area contributed by atoms with E-state index < -0.39 is 17.4 Å². The first kappa shape index (κ1) is 12.3. The topological polar surface area (TPSA) is 30.0 Å². The molecule has 0 aliphatic rings. The van der Waals surface area contributed by atoms with E-state index in [4.69, 9.17) is 11.6 Å². The number of hydrogen-bond acceptors (Lipinski definition) is 2. The maximum Gasteiger partial charge on any atom is 0.281 e. The van der Waals surface area contributed by atoms with Gasteiger partial charge in [0.05, 0.1) is 0 Å². The Morgan fingerprint density at radius 3 is 2.64 bits per heavy atom. The van der Waals surface area contributed by atoms with Crippen LogP contribution in [0.4, 0.5) is 8.78 Å². The highest BCUT2D eigenvalue weighted by Crippen LogP contribution is 2.28. The number of carbonyl (C=O) groups is 1. The molecule has 0 radical (unpaired) electrons. The van der Waals surface area contributed by atoms with Gasteiger partial charge in [-0.1, -0.05) is 0 Å². The fourth-order valence-electron chi connectivity index (χ4n) is 0.772. The van der Waals surface area contributed by atoms with E-state index in [0.717, 1.165) is 0 Å². The molecule has 1 heterocycles. The minimum absolute atomic E-state index is 0.147. The molecule has 7 heteroatoms. The second kappa shape index (κ2) is 4.80. The van der Waals surface area contributed by atoms with Crippen LogP contribution >= 0.6 is 50.1 Å². The molecule has 0 aromatic carbocycles. The number of pyridine rings is 1. The molecule has 0 N–H and O–H groups in total. The van der Waals surface area contributed by atoms with Crippen molar-refractivity contribution in [2.45, 2.75) is 6.43 Å². The highest BCUT2D eigenvalue weighted by molar-refractivity contribution is 14.1. The molecule has 0 unspecified atom stereocenters. The largest absolute Gasteiger partial charge is 0.281 e. The molecule has 2 nitrogen and oxygen atoms in total. The first-order valence-electron chi connectivity index (χ1n) is 3.27. The van der Waals surface area contributed by atoms with Crippen molar-refractivity contribution in [1.29, 1.82) is 0 Å². The van der Waals surface area contributed by atoms with Crippen LogP contribution in [0, 0.1) is 3.57 Å². The summed E-state index contributed by atoms with van der Waals surface area (Å²) >= 11 is 9.90. The molecule has 0 aliphatic carbocycles. The van der Waals surface area contributed by atoms with Crippen molar-refractivity contribution in [1.82, 2.24) is 4.98 Å². The van der Waals surface area contributed by atoms with Gasteiger partial charge in [-0.2, -0.15) is 0 Å². The first-order chi connectivity index (χ1) is 6.43. The van der Waals surface area contributed by atoms with Crippen molar-refractivity contribution < 1.29 is 13.6 Å². The molecular weight excluding hydrogens is 394 g/mol. The minimum atomic E-state index is -2.74. The van der Waals surface area contributed by atoms with Crippen LogP contribution in [0.1, 0.15) is 22.6 Å². The Hall–Kier alpha value is 0.180. The summed E-state index contributed by atoms with van der Waals surface area (Å²) in [5.41, 5.74) is -0.625. The molecule has 0 aliphatic heterocycles. The van der Waals surface area contributed by atoms with Crippen LogP contribution in [0.5, 0.6) is 0 Å². The van der Waals surface area contributed by atoms with Gasteiger partial charge in [0.1, 0.15) is 11.4 Å². The number of nitrogens with zero attached hydrogens (tertiary/aromatic N) is 1. The average Bonchev–Trinajstić information content (AvgIpc) is 2.02. The van der Waals surface area contributed by atoms with Gasteiger partial charge in [0.25, 0.3) is 11.7 Å². The Kier molecular flexibility index (Phi) is 4.20. The van der Waals surface area contributed by atoms with Crippen LogP contribution in [0.2, 0.25) is 0 Å². The van der Waals surface area contributed by atoms with Crippen LogP contribution in [0.25, 0.3) is 0 Å². The van der Waals surface area contributed by atoms with Crippen molar-refractivity contribution >= 4 is 55.4 Å². The molecule has 0 fully saturated rings. The van der Waals surface area contributed by atoms with E-state index in [1.807, 2.05) is 0 Å². The van der Waals surface area contributed by atoms with Gasteiger partial charge in [0.2, 0.25) is 0 Å². The van der Waals surface area contributed by atoms with Crippen LogP contribution in [0.15, 0.2) is 10.5 Å². The summed E-state index contributed by atoms with van der Waals surface area (Å²) in [6, 6.07) is 1.38. The number of hydrogen-bond donors (Lipinski definition) is 0. The molecule has 0 saturated carbocycles. The van der Waals surface area contributed by atoms with Gasteiger partial charge in [-0.05, 0) is 56.2 Å². The normalized spacial score (nSPS) is 10.7. The van der Waals surface area contributed by atoms with E-state index in [9.17, 15) is 13.6 Å². The Morgan fingerprint density at radius 2 is 2.21 bits per heavy atom. The van der Waals surface area contributed by atoms with E-state index in [0.29, 0.717) is 3.57 Å². The third-order valence-corrected chi connectivity index (χ3v) is 2.99.